The van der Waals surface area contributed by atoms with E-state index in [1.165, 1.54) is 23.1 Å². The van der Waals surface area contributed by atoms with Crippen LogP contribution >= 0.6 is 23.1 Å². The molecule has 1 unspecified atom stereocenters. The number of thiazole rings is 1. The van der Waals surface area contributed by atoms with Crippen LogP contribution in [0.2, 0.25) is 0 Å². The molecule has 1 aromatic carbocycles. The summed E-state index contributed by atoms with van der Waals surface area (Å²) in [5.41, 5.74) is 1.90. The molecule has 8 heteroatoms. The monoisotopic (exact) mass is 373 g/mol. The number of rotatable bonds is 6. The fraction of sp³-hybridized carbons (Fsp3) is 0.294. The third-order valence-electron chi connectivity index (χ3n) is 3.55. The fourth-order valence-electron chi connectivity index (χ4n) is 2.16. The van der Waals surface area contributed by atoms with Gasteiger partial charge in [-0.05, 0) is 20.8 Å². The molecule has 0 spiro atoms. The normalized spacial score (nSPS) is 12.3. The van der Waals surface area contributed by atoms with Crippen molar-refractivity contribution < 1.29 is 4.79 Å². The number of aromatic nitrogens is 4. The van der Waals surface area contributed by atoms with Crippen LogP contribution in [-0.2, 0) is 4.79 Å². The van der Waals surface area contributed by atoms with Gasteiger partial charge in [-0.3, -0.25) is 4.79 Å². The Morgan fingerprint density at radius 1 is 1.24 bits per heavy atom. The lowest BCUT2D eigenvalue weighted by Crippen LogP contribution is -2.23. The summed E-state index contributed by atoms with van der Waals surface area (Å²) in [7, 11) is 0. The van der Waals surface area contributed by atoms with E-state index in [0.717, 1.165) is 16.4 Å². The van der Waals surface area contributed by atoms with E-state index in [9.17, 15) is 4.79 Å². The molecule has 2 aromatic heterocycles. The van der Waals surface area contributed by atoms with Gasteiger partial charge in [0.05, 0.1) is 10.9 Å². The van der Waals surface area contributed by atoms with Crippen molar-refractivity contribution >= 4 is 34.1 Å². The van der Waals surface area contributed by atoms with E-state index < -0.39 is 0 Å². The molecule has 1 amide bonds. The number of carbonyl (C=O) groups excluding carboxylic acids is 1. The molecular weight excluding hydrogens is 354 g/mol. The minimum Gasteiger partial charge on any atom is -0.306 e. The molecule has 0 aliphatic carbocycles. The van der Waals surface area contributed by atoms with Crippen molar-refractivity contribution in [2.24, 2.45) is 0 Å². The zero-order valence-corrected chi connectivity index (χ0v) is 15.8. The van der Waals surface area contributed by atoms with E-state index in [1.807, 2.05) is 47.2 Å². The summed E-state index contributed by atoms with van der Waals surface area (Å²) < 4.78 is 1.95. The van der Waals surface area contributed by atoms with Crippen molar-refractivity contribution in [3.05, 3.63) is 42.0 Å². The standard InChI is InChI=1S/C17H19N5OS2/c1-11(2)22-10-18-21-17(22)25-12(3)15(23)20-16-19-14(9-24-16)13-7-5-4-6-8-13/h4-12H,1-3H3,(H,19,20,23). The van der Waals surface area contributed by atoms with Crippen molar-refractivity contribution in [1.29, 1.82) is 0 Å². The van der Waals surface area contributed by atoms with Crippen LogP contribution in [0.4, 0.5) is 5.13 Å². The van der Waals surface area contributed by atoms with E-state index in [2.05, 4.69) is 34.3 Å². The number of nitrogens with zero attached hydrogens (tertiary/aromatic N) is 4. The summed E-state index contributed by atoms with van der Waals surface area (Å²) in [5, 5.41) is 13.9. The third kappa shape index (κ3) is 4.26. The predicted octanol–water partition coefficient (Wildman–Crippen LogP) is 4.10. The molecule has 0 saturated carbocycles. The molecule has 130 valence electrons. The minimum atomic E-state index is -0.300. The fourth-order valence-corrected chi connectivity index (χ4v) is 3.84. The number of carbonyl (C=O) groups is 1. The molecule has 1 N–H and O–H groups in total. The second-order valence-electron chi connectivity index (χ2n) is 5.77. The second kappa shape index (κ2) is 7.79. The summed E-state index contributed by atoms with van der Waals surface area (Å²) >= 11 is 2.81. The van der Waals surface area contributed by atoms with Gasteiger partial charge >= 0.3 is 0 Å². The lowest BCUT2D eigenvalue weighted by Gasteiger charge is -2.13. The van der Waals surface area contributed by atoms with Gasteiger partial charge in [-0.25, -0.2) is 4.98 Å². The Kier molecular flexibility index (Phi) is 5.50. The second-order valence-corrected chi connectivity index (χ2v) is 7.93. The topological polar surface area (TPSA) is 72.7 Å². The molecule has 2 heterocycles. The van der Waals surface area contributed by atoms with Gasteiger partial charge in [0.15, 0.2) is 10.3 Å². The smallest absolute Gasteiger partial charge is 0.239 e. The number of nitrogens with one attached hydrogen (secondary N) is 1. The van der Waals surface area contributed by atoms with Crippen LogP contribution in [0.25, 0.3) is 11.3 Å². The maximum absolute atomic E-state index is 12.4. The van der Waals surface area contributed by atoms with Crippen molar-refractivity contribution in [3.8, 4) is 11.3 Å². The summed E-state index contributed by atoms with van der Waals surface area (Å²) in [4.78, 5) is 16.9. The number of hydrogen-bond donors (Lipinski definition) is 1. The first-order chi connectivity index (χ1) is 12.0. The molecule has 25 heavy (non-hydrogen) atoms. The first-order valence-electron chi connectivity index (χ1n) is 7.92. The average molecular weight is 374 g/mol. The Balaban J connectivity index is 1.64. The van der Waals surface area contributed by atoms with Gasteiger partial charge in [0.1, 0.15) is 6.33 Å². The maximum Gasteiger partial charge on any atom is 0.239 e. The predicted molar refractivity (Wildman–Crippen MR) is 102 cm³/mol. The summed E-state index contributed by atoms with van der Waals surface area (Å²) in [5.74, 6) is -0.0998. The Morgan fingerprint density at radius 3 is 2.72 bits per heavy atom. The lowest BCUT2D eigenvalue weighted by molar-refractivity contribution is -0.115. The van der Waals surface area contributed by atoms with Gasteiger partial charge < -0.3 is 9.88 Å². The van der Waals surface area contributed by atoms with Crippen molar-refractivity contribution in [1.82, 2.24) is 19.7 Å². The molecule has 0 aliphatic heterocycles. The number of hydrogen-bond acceptors (Lipinski definition) is 6. The number of amides is 1. The highest BCUT2D eigenvalue weighted by Crippen LogP contribution is 2.27. The molecule has 1 atom stereocenters. The van der Waals surface area contributed by atoms with Gasteiger partial charge in [0.2, 0.25) is 5.91 Å². The van der Waals surface area contributed by atoms with Crippen LogP contribution in [-0.4, -0.2) is 30.9 Å². The van der Waals surface area contributed by atoms with Crippen LogP contribution < -0.4 is 5.32 Å². The van der Waals surface area contributed by atoms with Crippen LogP contribution in [0.3, 0.4) is 0 Å². The molecule has 3 aromatic rings. The largest absolute Gasteiger partial charge is 0.306 e. The van der Waals surface area contributed by atoms with Crippen molar-refractivity contribution in [2.45, 2.75) is 37.2 Å². The molecule has 3 rings (SSSR count). The molecule has 0 aliphatic rings. The molecule has 0 saturated heterocycles. The van der Waals surface area contributed by atoms with Crippen molar-refractivity contribution in [3.63, 3.8) is 0 Å². The van der Waals surface area contributed by atoms with E-state index in [1.54, 1.807) is 6.33 Å². The van der Waals surface area contributed by atoms with Gasteiger partial charge in [0, 0.05) is 17.0 Å². The highest BCUT2D eigenvalue weighted by Gasteiger charge is 2.20. The van der Waals surface area contributed by atoms with Gasteiger partial charge in [-0.2, -0.15) is 0 Å². The van der Waals surface area contributed by atoms with Gasteiger partial charge in [-0.15, -0.1) is 21.5 Å². The lowest BCUT2D eigenvalue weighted by atomic mass is 10.2. The molecular formula is C17H19N5OS2. The van der Waals surface area contributed by atoms with Crippen LogP contribution in [0, 0.1) is 0 Å². The molecule has 0 bridgehead atoms. The molecule has 0 radical (unpaired) electrons. The van der Waals surface area contributed by atoms with E-state index in [0.29, 0.717) is 5.13 Å². The minimum absolute atomic E-state index is 0.0998. The molecule has 0 fully saturated rings. The quantitative estimate of drug-likeness (QED) is 0.659. The summed E-state index contributed by atoms with van der Waals surface area (Å²) in [6.45, 7) is 5.96. The first-order valence-corrected chi connectivity index (χ1v) is 9.68. The molecule has 6 nitrogen and oxygen atoms in total. The Labute approximate surface area is 154 Å². The third-order valence-corrected chi connectivity index (χ3v) is 5.38. The van der Waals surface area contributed by atoms with E-state index >= 15 is 0 Å². The van der Waals surface area contributed by atoms with Gasteiger partial charge in [-0.1, -0.05) is 42.1 Å². The Hall–Kier alpha value is -2.19. The van der Waals surface area contributed by atoms with Crippen molar-refractivity contribution in [2.75, 3.05) is 5.32 Å². The first kappa shape index (κ1) is 17.6. The van der Waals surface area contributed by atoms with Gasteiger partial charge in [0.25, 0.3) is 0 Å². The SMILES string of the molecule is CC(Sc1nncn1C(C)C)C(=O)Nc1nc(-c2ccccc2)cs1. The Morgan fingerprint density at radius 2 is 2.00 bits per heavy atom. The highest BCUT2D eigenvalue weighted by atomic mass is 32.2. The van der Waals surface area contributed by atoms with Crippen LogP contribution in [0.5, 0.6) is 0 Å². The number of benzene rings is 1. The van der Waals surface area contributed by atoms with Crippen LogP contribution in [0.1, 0.15) is 26.8 Å². The van der Waals surface area contributed by atoms with E-state index in [4.69, 9.17) is 0 Å². The highest BCUT2D eigenvalue weighted by molar-refractivity contribution is 8.00. The zero-order valence-electron chi connectivity index (χ0n) is 14.2. The summed E-state index contributed by atoms with van der Waals surface area (Å²) in [6.07, 6.45) is 1.69. The van der Waals surface area contributed by atoms with E-state index in [-0.39, 0.29) is 17.2 Å². The average Bonchev–Trinajstić information content (AvgIpc) is 3.25. The summed E-state index contributed by atoms with van der Waals surface area (Å²) in [6, 6.07) is 10.1. The number of anilines is 1. The Bertz CT molecular complexity index is 844. The van der Waals surface area contributed by atoms with Crippen LogP contribution in [0.15, 0.2) is 47.2 Å². The number of thioether (sulfide) groups is 1. The maximum atomic E-state index is 12.4. The zero-order chi connectivity index (χ0) is 17.8.